The maximum atomic E-state index is 3.39. The zero-order valence-electron chi connectivity index (χ0n) is 28.0. The van der Waals surface area contributed by atoms with Crippen LogP contribution in [0, 0.1) is 12.1 Å². The summed E-state index contributed by atoms with van der Waals surface area (Å²) in [6.07, 6.45) is 0. The zero-order valence-corrected chi connectivity index (χ0v) is 28.0. The molecule has 0 aromatic heterocycles. The molecule has 0 N–H and O–H groups in total. The van der Waals surface area contributed by atoms with Crippen molar-refractivity contribution in [3.63, 3.8) is 0 Å². The smallest absolute Gasteiger partial charge is 0.0540 e. The molecule has 0 heterocycles. The first kappa shape index (κ1) is 30.2. The molecule has 0 amide bonds. The molecule has 0 fully saturated rings. The third-order valence-electron chi connectivity index (χ3n) is 9.74. The predicted octanol–water partition coefficient (Wildman–Crippen LogP) is 13.7. The SMILES string of the molecule is c1ccc2c(-c3ccc(N(c4ccc(-c5ccc(-c6ccccc6)cc5)cc4)c4ccccc4-c4ccccc4)cc3)cc3ccccc3c2c#1. The molecule has 0 aliphatic rings. The molecule has 9 rings (SSSR count). The minimum absolute atomic E-state index is 1.09. The van der Waals surface area contributed by atoms with E-state index in [-0.39, 0.29) is 0 Å². The lowest BCUT2D eigenvalue weighted by Gasteiger charge is -2.28. The lowest BCUT2D eigenvalue weighted by Crippen LogP contribution is -2.11. The summed E-state index contributed by atoms with van der Waals surface area (Å²) in [5, 5.41) is 4.68. The Bertz CT molecular complexity index is 2590. The van der Waals surface area contributed by atoms with Crippen LogP contribution in [0.2, 0.25) is 0 Å². The van der Waals surface area contributed by atoms with Gasteiger partial charge in [-0.25, -0.2) is 0 Å². The number of rotatable bonds is 7. The van der Waals surface area contributed by atoms with Gasteiger partial charge in [-0.3, -0.25) is 0 Å². The third-order valence-corrected chi connectivity index (χ3v) is 9.74. The van der Waals surface area contributed by atoms with Crippen molar-refractivity contribution in [3.8, 4) is 44.5 Å². The van der Waals surface area contributed by atoms with Crippen LogP contribution in [0.15, 0.2) is 200 Å². The molecule has 0 saturated heterocycles. The molecule has 1 heteroatoms. The van der Waals surface area contributed by atoms with Crippen molar-refractivity contribution in [2.45, 2.75) is 0 Å². The van der Waals surface area contributed by atoms with E-state index < -0.39 is 0 Å². The van der Waals surface area contributed by atoms with Gasteiger partial charge in [-0.2, -0.15) is 0 Å². The summed E-state index contributed by atoms with van der Waals surface area (Å²) in [5.74, 6) is 0. The Labute approximate surface area is 299 Å². The van der Waals surface area contributed by atoms with Crippen LogP contribution in [0.1, 0.15) is 0 Å². The van der Waals surface area contributed by atoms with E-state index in [1.54, 1.807) is 0 Å². The van der Waals surface area contributed by atoms with Gasteiger partial charge in [0.25, 0.3) is 0 Å². The molecule has 0 unspecified atom stereocenters. The van der Waals surface area contributed by atoms with E-state index in [1.165, 1.54) is 60.7 Å². The molecule has 0 bridgehead atoms. The van der Waals surface area contributed by atoms with Crippen molar-refractivity contribution < 1.29 is 0 Å². The van der Waals surface area contributed by atoms with Gasteiger partial charge in [0.2, 0.25) is 0 Å². The summed E-state index contributed by atoms with van der Waals surface area (Å²) in [7, 11) is 0. The summed E-state index contributed by atoms with van der Waals surface area (Å²) in [5.41, 5.74) is 12.8. The molecule has 238 valence electrons. The molecule has 9 aromatic carbocycles. The maximum absolute atomic E-state index is 3.39. The molecular formula is C50H33N. The molecular weight excluding hydrogens is 615 g/mol. The summed E-state index contributed by atoms with van der Waals surface area (Å²) in [6.45, 7) is 0. The van der Waals surface area contributed by atoms with Gasteiger partial charge in [-0.15, -0.1) is 0 Å². The van der Waals surface area contributed by atoms with E-state index in [4.69, 9.17) is 0 Å². The predicted molar refractivity (Wildman–Crippen MR) is 216 cm³/mol. The van der Waals surface area contributed by atoms with Crippen molar-refractivity contribution in [2.75, 3.05) is 4.90 Å². The minimum Gasteiger partial charge on any atom is -0.310 e. The van der Waals surface area contributed by atoms with Crippen molar-refractivity contribution >= 4 is 38.6 Å². The number of hydrogen-bond donors (Lipinski definition) is 0. The Balaban J connectivity index is 1.13. The average molecular weight is 648 g/mol. The molecule has 0 spiro atoms. The fourth-order valence-electron chi connectivity index (χ4n) is 7.19. The van der Waals surface area contributed by atoms with E-state index in [0.29, 0.717) is 0 Å². The number of benzene rings is 8. The average Bonchev–Trinajstić information content (AvgIpc) is 3.22. The van der Waals surface area contributed by atoms with Crippen LogP contribution in [0.4, 0.5) is 17.1 Å². The highest BCUT2D eigenvalue weighted by Gasteiger charge is 2.18. The Kier molecular flexibility index (Phi) is 7.82. The second-order valence-electron chi connectivity index (χ2n) is 12.8. The number of para-hydroxylation sites is 1. The molecule has 0 atom stereocenters. The van der Waals surface area contributed by atoms with E-state index in [0.717, 1.165) is 22.4 Å². The minimum atomic E-state index is 1.09. The normalized spacial score (nSPS) is 11.0. The maximum Gasteiger partial charge on any atom is 0.0540 e. The summed E-state index contributed by atoms with van der Waals surface area (Å²) in [4.78, 5) is 2.37. The first-order chi connectivity index (χ1) is 25.3. The van der Waals surface area contributed by atoms with Gasteiger partial charge in [0.15, 0.2) is 0 Å². The van der Waals surface area contributed by atoms with Crippen LogP contribution in [0.25, 0.3) is 66.1 Å². The Morgan fingerprint density at radius 3 is 1.51 bits per heavy atom. The van der Waals surface area contributed by atoms with E-state index in [9.17, 15) is 0 Å². The van der Waals surface area contributed by atoms with Gasteiger partial charge in [0.1, 0.15) is 0 Å². The molecule has 0 radical (unpaired) electrons. The van der Waals surface area contributed by atoms with Crippen molar-refractivity contribution in [1.82, 2.24) is 0 Å². The Hall–Kier alpha value is -6.88. The number of fused-ring (bicyclic) bond motifs is 3. The quantitative estimate of drug-likeness (QED) is 0.166. The number of hydrogen-bond acceptors (Lipinski definition) is 1. The highest BCUT2D eigenvalue weighted by atomic mass is 15.1. The van der Waals surface area contributed by atoms with Gasteiger partial charge in [-0.1, -0.05) is 164 Å². The molecule has 0 saturated carbocycles. The molecule has 9 aromatic rings. The van der Waals surface area contributed by atoms with Gasteiger partial charge in [0, 0.05) is 22.3 Å². The van der Waals surface area contributed by atoms with Crippen LogP contribution in [0.5, 0.6) is 0 Å². The number of anilines is 3. The van der Waals surface area contributed by atoms with Gasteiger partial charge >= 0.3 is 0 Å². The van der Waals surface area contributed by atoms with Gasteiger partial charge in [-0.05, 0) is 104 Å². The number of nitrogens with zero attached hydrogens (tertiary/aromatic N) is 1. The monoisotopic (exact) mass is 647 g/mol. The van der Waals surface area contributed by atoms with Gasteiger partial charge in [0.05, 0.1) is 5.69 Å². The van der Waals surface area contributed by atoms with Crippen LogP contribution in [0.3, 0.4) is 0 Å². The van der Waals surface area contributed by atoms with Crippen molar-refractivity contribution in [3.05, 3.63) is 212 Å². The first-order valence-electron chi connectivity index (χ1n) is 17.3. The molecule has 0 aliphatic carbocycles. The van der Waals surface area contributed by atoms with Crippen molar-refractivity contribution in [1.29, 1.82) is 0 Å². The van der Waals surface area contributed by atoms with E-state index in [1.807, 2.05) is 6.07 Å². The fourth-order valence-corrected chi connectivity index (χ4v) is 7.19. The topological polar surface area (TPSA) is 3.24 Å². The second kappa shape index (κ2) is 13.2. The molecule has 51 heavy (non-hydrogen) atoms. The summed E-state index contributed by atoms with van der Waals surface area (Å²) in [6, 6.07) is 78.1. The summed E-state index contributed by atoms with van der Waals surface area (Å²) >= 11 is 0. The van der Waals surface area contributed by atoms with E-state index in [2.05, 4.69) is 211 Å². The lowest BCUT2D eigenvalue weighted by atomic mass is 9.94. The van der Waals surface area contributed by atoms with Crippen LogP contribution >= 0.6 is 0 Å². The van der Waals surface area contributed by atoms with Crippen LogP contribution in [-0.4, -0.2) is 0 Å². The highest BCUT2D eigenvalue weighted by Crippen LogP contribution is 2.42. The standard InChI is InChI=1S/C50H33N/c1-3-13-36(14-4-1)37-23-25-38(26-24-37)39-27-31-43(32-28-39)51(50-22-12-11-19-46(50)40-15-5-2-6-16-40)44-33-29-41(30-34-44)49-35-42-17-7-8-18-45(42)47-20-9-10-21-48(47)49/h1-8,10-19,21-35H. The first-order valence-corrected chi connectivity index (χ1v) is 17.3. The van der Waals surface area contributed by atoms with Crippen molar-refractivity contribution in [2.24, 2.45) is 0 Å². The van der Waals surface area contributed by atoms with Gasteiger partial charge < -0.3 is 4.90 Å². The molecule has 1 nitrogen and oxygen atoms in total. The zero-order chi connectivity index (χ0) is 34.0. The third kappa shape index (κ3) is 5.80. The van der Waals surface area contributed by atoms with E-state index >= 15 is 0 Å². The fraction of sp³-hybridized carbons (Fsp3) is 0. The second-order valence-corrected chi connectivity index (χ2v) is 12.8. The largest absolute Gasteiger partial charge is 0.310 e. The summed E-state index contributed by atoms with van der Waals surface area (Å²) < 4.78 is 0. The van der Waals surface area contributed by atoms with Crippen LogP contribution in [-0.2, 0) is 0 Å². The van der Waals surface area contributed by atoms with Crippen LogP contribution < -0.4 is 4.90 Å². The Morgan fingerprint density at radius 1 is 0.353 bits per heavy atom. The molecule has 0 aliphatic heterocycles. The Morgan fingerprint density at radius 2 is 0.843 bits per heavy atom. The highest BCUT2D eigenvalue weighted by molar-refractivity contribution is 6.13. The lowest BCUT2D eigenvalue weighted by molar-refractivity contribution is 1.28.